The first-order valence-electron chi connectivity index (χ1n) is 9.11. The Hall–Kier alpha value is -1.70. The fourth-order valence-corrected chi connectivity index (χ4v) is 5.24. The third kappa shape index (κ3) is 4.34. The van der Waals surface area contributed by atoms with Crippen LogP contribution in [0.5, 0.6) is 0 Å². The molecule has 0 fully saturated rings. The molecule has 0 aromatic carbocycles. The zero-order valence-corrected chi connectivity index (χ0v) is 16.8. The molecule has 0 radical (unpaired) electrons. The minimum Gasteiger partial charge on any atom is -0.354 e. The van der Waals surface area contributed by atoms with Crippen molar-refractivity contribution in [2.24, 2.45) is 0 Å². The lowest BCUT2D eigenvalue weighted by molar-refractivity contribution is -0.919. The minimum atomic E-state index is -0.505. The second kappa shape index (κ2) is 8.79. The van der Waals surface area contributed by atoms with Crippen molar-refractivity contribution in [2.75, 3.05) is 19.6 Å². The number of thiophene rings is 2. The molecule has 2 aromatic rings. The van der Waals surface area contributed by atoms with Crippen molar-refractivity contribution in [3.05, 3.63) is 44.3 Å². The summed E-state index contributed by atoms with van der Waals surface area (Å²) in [4.78, 5) is 28.5. The number of carbonyl (C=O) groups is 2. The van der Waals surface area contributed by atoms with E-state index < -0.39 is 6.04 Å². The van der Waals surface area contributed by atoms with Gasteiger partial charge in [0.2, 0.25) is 5.91 Å². The molecular weight excluding hydrogens is 366 g/mol. The summed E-state index contributed by atoms with van der Waals surface area (Å²) in [5.41, 5.74) is 1.35. The molecule has 2 aromatic heterocycles. The Labute approximate surface area is 162 Å². The molecule has 3 atom stereocenters. The van der Waals surface area contributed by atoms with Gasteiger partial charge in [-0.25, -0.2) is 0 Å². The molecule has 0 aliphatic carbocycles. The molecule has 0 bridgehead atoms. The molecule has 7 heteroatoms. The van der Waals surface area contributed by atoms with Gasteiger partial charge in [-0.05, 0) is 36.2 Å². The molecule has 3 N–H and O–H groups in total. The Kier molecular flexibility index (Phi) is 6.45. The van der Waals surface area contributed by atoms with E-state index in [2.05, 4.69) is 39.6 Å². The van der Waals surface area contributed by atoms with Crippen LogP contribution in [-0.4, -0.2) is 37.5 Å². The molecular formula is C19H26N3O2S2+. The van der Waals surface area contributed by atoms with Crippen molar-refractivity contribution in [2.45, 2.75) is 38.8 Å². The Morgan fingerprint density at radius 1 is 1.31 bits per heavy atom. The molecule has 0 saturated heterocycles. The molecule has 3 rings (SSSR count). The molecule has 3 heterocycles. The van der Waals surface area contributed by atoms with Crippen LogP contribution in [0.3, 0.4) is 0 Å². The van der Waals surface area contributed by atoms with Gasteiger partial charge in [0.1, 0.15) is 12.1 Å². The largest absolute Gasteiger partial charge is 0.354 e. The standard InChI is InChI=1S/C19H25N3O2S2/c1-3-8-20-19(24)13(2)21-17(23)12-22-9-6-15-14(7-11-26-15)18(22)16-5-4-10-25-16/h4-5,7,10-11,13,18H,3,6,8-9,12H2,1-2H3,(H,20,24)(H,21,23)/p+1/t13-,18-/m1/s1. The van der Waals surface area contributed by atoms with Crippen molar-refractivity contribution in [3.8, 4) is 0 Å². The van der Waals surface area contributed by atoms with Crippen molar-refractivity contribution >= 4 is 34.5 Å². The summed E-state index contributed by atoms with van der Waals surface area (Å²) in [5, 5.41) is 9.92. The summed E-state index contributed by atoms with van der Waals surface area (Å²) >= 11 is 3.55. The van der Waals surface area contributed by atoms with Crippen LogP contribution in [0.1, 0.15) is 41.6 Å². The van der Waals surface area contributed by atoms with Crippen LogP contribution >= 0.6 is 22.7 Å². The van der Waals surface area contributed by atoms with Crippen molar-refractivity contribution in [1.82, 2.24) is 10.6 Å². The van der Waals surface area contributed by atoms with Gasteiger partial charge in [-0.2, -0.15) is 0 Å². The van der Waals surface area contributed by atoms with Gasteiger partial charge in [0.25, 0.3) is 5.91 Å². The van der Waals surface area contributed by atoms with Crippen molar-refractivity contribution < 1.29 is 14.5 Å². The van der Waals surface area contributed by atoms with Gasteiger partial charge in [-0.3, -0.25) is 9.59 Å². The molecule has 0 saturated carbocycles. The fraction of sp³-hybridized carbons (Fsp3) is 0.474. The number of fused-ring (bicyclic) bond motifs is 1. The average molecular weight is 393 g/mol. The van der Waals surface area contributed by atoms with E-state index in [1.54, 1.807) is 18.3 Å². The molecule has 1 aliphatic rings. The van der Waals surface area contributed by atoms with E-state index in [4.69, 9.17) is 0 Å². The first-order valence-corrected chi connectivity index (χ1v) is 10.9. The van der Waals surface area contributed by atoms with Gasteiger partial charge < -0.3 is 15.5 Å². The summed E-state index contributed by atoms with van der Waals surface area (Å²) in [6.45, 7) is 5.69. The molecule has 26 heavy (non-hydrogen) atoms. The Bertz CT molecular complexity index is 742. The maximum atomic E-state index is 12.6. The van der Waals surface area contributed by atoms with Crippen LogP contribution in [0.4, 0.5) is 0 Å². The van der Waals surface area contributed by atoms with Crippen LogP contribution in [0.2, 0.25) is 0 Å². The predicted molar refractivity (Wildman–Crippen MR) is 106 cm³/mol. The summed E-state index contributed by atoms with van der Waals surface area (Å²) in [7, 11) is 0. The van der Waals surface area contributed by atoms with E-state index in [9.17, 15) is 9.59 Å². The highest BCUT2D eigenvalue weighted by Crippen LogP contribution is 2.31. The minimum absolute atomic E-state index is 0.0700. The predicted octanol–water partition coefficient (Wildman–Crippen LogP) is 1.37. The second-order valence-corrected chi connectivity index (χ2v) is 8.64. The average Bonchev–Trinajstić information content (AvgIpc) is 3.30. The third-order valence-corrected chi connectivity index (χ3v) is 6.64. The summed E-state index contributed by atoms with van der Waals surface area (Å²) < 4.78 is 0. The smallest absolute Gasteiger partial charge is 0.275 e. The summed E-state index contributed by atoms with van der Waals surface area (Å²) in [6, 6.07) is 6.12. The maximum absolute atomic E-state index is 12.6. The molecule has 1 unspecified atom stereocenters. The molecule has 140 valence electrons. The second-order valence-electron chi connectivity index (χ2n) is 6.66. The Morgan fingerprint density at radius 3 is 2.88 bits per heavy atom. The number of carbonyl (C=O) groups excluding carboxylic acids is 2. The van der Waals surface area contributed by atoms with Crippen LogP contribution in [0.25, 0.3) is 0 Å². The summed E-state index contributed by atoms with van der Waals surface area (Å²) in [5.74, 6) is -0.192. The lowest BCUT2D eigenvalue weighted by Gasteiger charge is -2.32. The third-order valence-electron chi connectivity index (χ3n) is 4.71. The quantitative estimate of drug-likeness (QED) is 0.666. The highest BCUT2D eigenvalue weighted by Gasteiger charge is 2.35. The molecule has 2 amide bonds. The monoisotopic (exact) mass is 392 g/mol. The van der Waals surface area contributed by atoms with E-state index in [0.29, 0.717) is 13.1 Å². The molecule has 0 spiro atoms. The molecule has 1 aliphatic heterocycles. The number of hydrogen-bond donors (Lipinski definition) is 3. The first kappa shape index (κ1) is 19.1. The normalized spacial score (nSPS) is 20.2. The van der Waals surface area contributed by atoms with Gasteiger partial charge in [-0.15, -0.1) is 22.7 Å². The SMILES string of the molecule is CCCNC(=O)[C@@H](C)NC(=O)C[NH+]1CCc2sccc2[C@@H]1c1cccs1. The number of quaternary nitrogens is 1. The Balaban J connectivity index is 1.66. The van der Waals surface area contributed by atoms with Gasteiger partial charge >= 0.3 is 0 Å². The zero-order chi connectivity index (χ0) is 18.5. The molecule has 5 nitrogen and oxygen atoms in total. The van der Waals surface area contributed by atoms with Gasteiger partial charge in [-0.1, -0.05) is 13.0 Å². The van der Waals surface area contributed by atoms with E-state index in [1.165, 1.54) is 20.2 Å². The number of nitrogens with one attached hydrogen (secondary N) is 3. The Morgan fingerprint density at radius 2 is 2.15 bits per heavy atom. The van der Waals surface area contributed by atoms with E-state index in [1.807, 2.05) is 18.3 Å². The lowest BCUT2D eigenvalue weighted by atomic mass is 9.98. The van der Waals surface area contributed by atoms with Crippen LogP contribution < -0.4 is 15.5 Å². The lowest BCUT2D eigenvalue weighted by Crippen LogP contribution is -3.14. The van der Waals surface area contributed by atoms with Crippen molar-refractivity contribution in [3.63, 3.8) is 0 Å². The fourth-order valence-electron chi connectivity index (χ4n) is 3.42. The van der Waals surface area contributed by atoms with Crippen molar-refractivity contribution in [1.29, 1.82) is 0 Å². The van der Waals surface area contributed by atoms with E-state index in [0.717, 1.165) is 19.4 Å². The van der Waals surface area contributed by atoms with Gasteiger partial charge in [0, 0.05) is 23.4 Å². The van der Waals surface area contributed by atoms with Gasteiger partial charge in [0.15, 0.2) is 6.54 Å². The van der Waals surface area contributed by atoms with Crippen LogP contribution in [0, 0.1) is 0 Å². The zero-order valence-electron chi connectivity index (χ0n) is 15.2. The number of amides is 2. The van der Waals surface area contributed by atoms with E-state index in [-0.39, 0.29) is 17.9 Å². The maximum Gasteiger partial charge on any atom is 0.275 e. The number of rotatable bonds is 7. The van der Waals surface area contributed by atoms with Crippen LogP contribution in [-0.2, 0) is 16.0 Å². The topological polar surface area (TPSA) is 62.6 Å². The van der Waals surface area contributed by atoms with Gasteiger partial charge in [0.05, 0.1) is 11.4 Å². The highest BCUT2D eigenvalue weighted by atomic mass is 32.1. The van der Waals surface area contributed by atoms with Crippen LogP contribution in [0.15, 0.2) is 29.0 Å². The number of hydrogen-bond acceptors (Lipinski definition) is 4. The van der Waals surface area contributed by atoms with E-state index >= 15 is 0 Å². The highest BCUT2D eigenvalue weighted by molar-refractivity contribution is 7.10. The first-order chi connectivity index (χ1) is 12.6. The summed E-state index contributed by atoms with van der Waals surface area (Å²) in [6.07, 6.45) is 1.89.